The number of piperidine rings is 1. The summed E-state index contributed by atoms with van der Waals surface area (Å²) < 4.78 is 0. The van der Waals surface area contributed by atoms with Gasteiger partial charge < -0.3 is 4.90 Å². The Morgan fingerprint density at radius 1 is 1.56 bits per heavy atom. The van der Waals surface area contributed by atoms with Crippen LogP contribution in [0.1, 0.15) is 53.5 Å². The van der Waals surface area contributed by atoms with E-state index in [0.717, 1.165) is 32.1 Å². The van der Waals surface area contributed by atoms with Crippen LogP contribution in [-0.4, -0.2) is 34.7 Å². The predicted molar refractivity (Wildman–Crippen MR) is 68.6 cm³/mol. The summed E-state index contributed by atoms with van der Waals surface area (Å²) in [5, 5.41) is 0. The van der Waals surface area contributed by atoms with Gasteiger partial charge in [0.2, 0.25) is 0 Å². The van der Waals surface area contributed by atoms with Crippen molar-refractivity contribution in [2.45, 2.75) is 38.6 Å². The number of amides is 1. The first-order valence-electron chi connectivity index (χ1n) is 6.48. The van der Waals surface area contributed by atoms with E-state index in [-0.39, 0.29) is 5.91 Å². The van der Waals surface area contributed by atoms with Crippen molar-refractivity contribution in [2.24, 2.45) is 0 Å². The summed E-state index contributed by atoms with van der Waals surface area (Å²) in [7, 11) is 0. The van der Waals surface area contributed by atoms with E-state index in [1.54, 1.807) is 12.1 Å². The van der Waals surface area contributed by atoms with E-state index in [0.29, 0.717) is 17.3 Å². The van der Waals surface area contributed by atoms with E-state index in [1.165, 1.54) is 12.6 Å². The number of aromatic nitrogens is 1. The lowest BCUT2D eigenvalue weighted by Gasteiger charge is -2.35. The Bertz CT molecular complexity index is 445. The molecule has 0 saturated carbocycles. The van der Waals surface area contributed by atoms with Crippen molar-refractivity contribution in [3.05, 3.63) is 29.6 Å². The van der Waals surface area contributed by atoms with E-state index < -0.39 is 0 Å². The van der Waals surface area contributed by atoms with Gasteiger partial charge in [0.25, 0.3) is 5.91 Å². The largest absolute Gasteiger partial charge is 0.334 e. The topological polar surface area (TPSA) is 50.3 Å². The van der Waals surface area contributed by atoms with E-state index in [1.807, 2.05) is 4.90 Å². The Morgan fingerprint density at radius 2 is 2.39 bits per heavy atom. The maximum Gasteiger partial charge on any atom is 0.272 e. The third kappa shape index (κ3) is 2.58. The van der Waals surface area contributed by atoms with Gasteiger partial charge in [-0.25, -0.2) is 0 Å². The second kappa shape index (κ2) is 5.76. The Kier molecular flexibility index (Phi) is 4.07. The maximum atomic E-state index is 12.4. The third-order valence-corrected chi connectivity index (χ3v) is 3.50. The first kappa shape index (κ1) is 12.7. The standard InChI is InChI=1S/C14H18N2O2/c1-2-12-5-3-4-8-16(12)14(18)13-9-11(10-17)6-7-15-13/h6-7,9-10,12H,2-5,8H2,1H3. The van der Waals surface area contributed by atoms with Crippen LogP contribution in [0.5, 0.6) is 0 Å². The second-order valence-electron chi connectivity index (χ2n) is 4.65. The van der Waals surface area contributed by atoms with Crippen LogP contribution in [0.2, 0.25) is 0 Å². The molecule has 1 aliphatic rings. The van der Waals surface area contributed by atoms with Gasteiger partial charge in [-0.3, -0.25) is 14.6 Å². The molecule has 0 radical (unpaired) electrons. The van der Waals surface area contributed by atoms with Crippen molar-refractivity contribution >= 4 is 12.2 Å². The van der Waals surface area contributed by atoms with Crippen LogP contribution in [0, 0.1) is 0 Å². The van der Waals surface area contributed by atoms with Crippen molar-refractivity contribution in [3.63, 3.8) is 0 Å². The minimum atomic E-state index is -0.0507. The summed E-state index contributed by atoms with van der Waals surface area (Å²) in [5.74, 6) is -0.0507. The molecule has 1 amide bonds. The van der Waals surface area contributed by atoms with Gasteiger partial charge in [0, 0.05) is 24.3 Å². The second-order valence-corrected chi connectivity index (χ2v) is 4.65. The summed E-state index contributed by atoms with van der Waals surface area (Å²) in [6.07, 6.45) is 6.53. The Morgan fingerprint density at radius 3 is 3.11 bits per heavy atom. The zero-order valence-electron chi connectivity index (χ0n) is 10.6. The van der Waals surface area contributed by atoms with Gasteiger partial charge in [0.15, 0.2) is 0 Å². The summed E-state index contributed by atoms with van der Waals surface area (Å²) in [4.78, 5) is 29.1. The molecule has 1 aliphatic heterocycles. The summed E-state index contributed by atoms with van der Waals surface area (Å²) in [6, 6.07) is 3.49. The Labute approximate surface area is 107 Å². The molecule has 0 aliphatic carbocycles. The van der Waals surface area contributed by atoms with Crippen LogP contribution >= 0.6 is 0 Å². The minimum Gasteiger partial charge on any atom is -0.334 e. The highest BCUT2D eigenvalue weighted by molar-refractivity contribution is 5.94. The Balaban J connectivity index is 2.20. The number of nitrogens with zero attached hydrogens (tertiary/aromatic N) is 2. The molecule has 18 heavy (non-hydrogen) atoms. The summed E-state index contributed by atoms with van der Waals surface area (Å²) in [5.41, 5.74) is 0.873. The fourth-order valence-corrected chi connectivity index (χ4v) is 2.48. The van der Waals surface area contributed by atoms with Gasteiger partial charge in [0.05, 0.1) is 0 Å². The molecule has 1 atom stereocenters. The van der Waals surface area contributed by atoms with E-state index in [2.05, 4.69) is 11.9 Å². The van der Waals surface area contributed by atoms with Gasteiger partial charge in [-0.05, 0) is 37.8 Å². The average molecular weight is 246 g/mol. The zero-order valence-corrected chi connectivity index (χ0v) is 10.6. The first-order valence-corrected chi connectivity index (χ1v) is 6.48. The molecule has 4 nitrogen and oxygen atoms in total. The normalized spacial score (nSPS) is 19.6. The maximum absolute atomic E-state index is 12.4. The Hall–Kier alpha value is -1.71. The fourth-order valence-electron chi connectivity index (χ4n) is 2.48. The molecule has 0 spiro atoms. The number of carbonyl (C=O) groups is 2. The van der Waals surface area contributed by atoms with Gasteiger partial charge in [0.1, 0.15) is 12.0 Å². The molecule has 0 bridgehead atoms. The van der Waals surface area contributed by atoms with Crippen molar-refractivity contribution in [1.29, 1.82) is 0 Å². The predicted octanol–water partition coefficient (Wildman–Crippen LogP) is 2.30. The van der Waals surface area contributed by atoms with Gasteiger partial charge in [-0.1, -0.05) is 6.92 Å². The van der Waals surface area contributed by atoms with Crippen molar-refractivity contribution in [1.82, 2.24) is 9.88 Å². The third-order valence-electron chi connectivity index (χ3n) is 3.50. The smallest absolute Gasteiger partial charge is 0.272 e. The van der Waals surface area contributed by atoms with Crippen LogP contribution in [0.4, 0.5) is 0 Å². The lowest BCUT2D eigenvalue weighted by Crippen LogP contribution is -2.43. The van der Waals surface area contributed by atoms with Crippen molar-refractivity contribution < 1.29 is 9.59 Å². The van der Waals surface area contributed by atoms with E-state index in [9.17, 15) is 9.59 Å². The fraction of sp³-hybridized carbons (Fsp3) is 0.500. The summed E-state index contributed by atoms with van der Waals surface area (Å²) >= 11 is 0. The number of hydrogen-bond donors (Lipinski definition) is 0. The number of pyridine rings is 1. The van der Waals surface area contributed by atoms with Gasteiger partial charge in [-0.2, -0.15) is 0 Å². The number of likely N-dealkylation sites (tertiary alicyclic amines) is 1. The summed E-state index contributed by atoms with van der Waals surface area (Å²) in [6.45, 7) is 2.90. The first-order chi connectivity index (χ1) is 8.76. The lowest BCUT2D eigenvalue weighted by atomic mass is 9.99. The molecule has 4 heteroatoms. The zero-order chi connectivity index (χ0) is 13.0. The molecule has 1 aromatic heterocycles. The van der Waals surface area contributed by atoms with Crippen LogP contribution in [-0.2, 0) is 0 Å². The van der Waals surface area contributed by atoms with E-state index >= 15 is 0 Å². The lowest BCUT2D eigenvalue weighted by molar-refractivity contribution is 0.0602. The van der Waals surface area contributed by atoms with E-state index in [4.69, 9.17) is 0 Å². The number of carbonyl (C=O) groups excluding carboxylic acids is 2. The molecular formula is C14H18N2O2. The molecule has 2 heterocycles. The molecule has 1 aromatic rings. The number of hydrogen-bond acceptors (Lipinski definition) is 3. The van der Waals surface area contributed by atoms with Crippen LogP contribution in [0.3, 0.4) is 0 Å². The highest BCUT2D eigenvalue weighted by Crippen LogP contribution is 2.21. The molecule has 0 aromatic carbocycles. The molecule has 96 valence electrons. The molecular weight excluding hydrogens is 228 g/mol. The SMILES string of the molecule is CCC1CCCCN1C(=O)c1cc(C=O)ccn1. The van der Waals surface area contributed by atoms with Crippen molar-refractivity contribution in [3.8, 4) is 0 Å². The average Bonchev–Trinajstić information content (AvgIpc) is 2.46. The monoisotopic (exact) mass is 246 g/mol. The van der Waals surface area contributed by atoms with Crippen LogP contribution in [0.25, 0.3) is 0 Å². The van der Waals surface area contributed by atoms with Crippen LogP contribution < -0.4 is 0 Å². The number of rotatable bonds is 3. The molecule has 1 unspecified atom stereocenters. The molecule has 0 N–H and O–H groups in total. The quantitative estimate of drug-likeness (QED) is 0.769. The highest BCUT2D eigenvalue weighted by atomic mass is 16.2. The van der Waals surface area contributed by atoms with Crippen molar-refractivity contribution in [2.75, 3.05) is 6.54 Å². The molecule has 2 rings (SSSR count). The minimum absolute atomic E-state index is 0.0507. The van der Waals surface area contributed by atoms with Gasteiger partial charge in [-0.15, -0.1) is 0 Å². The van der Waals surface area contributed by atoms with Gasteiger partial charge >= 0.3 is 0 Å². The van der Waals surface area contributed by atoms with Crippen LogP contribution in [0.15, 0.2) is 18.3 Å². The molecule has 1 saturated heterocycles. The number of aldehydes is 1. The molecule has 1 fully saturated rings. The highest BCUT2D eigenvalue weighted by Gasteiger charge is 2.26.